The molecule has 2 aliphatic rings. The maximum absolute atomic E-state index is 13.2. The van der Waals surface area contributed by atoms with Gasteiger partial charge in [0.15, 0.2) is 0 Å². The van der Waals surface area contributed by atoms with E-state index in [1.807, 2.05) is 11.0 Å². The Hall–Kier alpha value is -1.53. The summed E-state index contributed by atoms with van der Waals surface area (Å²) in [4.78, 5) is 9.03. The van der Waals surface area contributed by atoms with Crippen molar-refractivity contribution < 1.29 is 16.8 Å². The Bertz CT molecular complexity index is 1190. The molecule has 1 saturated carbocycles. The lowest BCUT2D eigenvalue weighted by molar-refractivity contribution is 0.260. The minimum atomic E-state index is -3.79. The fraction of sp³-hybridized carbons (Fsp3) is 0.522. The topological polar surface area (TPSA) is 99.7 Å². The lowest BCUT2D eigenvalue weighted by Crippen LogP contribution is -2.48. The normalized spacial score (nSPS) is 21.9. The fourth-order valence-electron chi connectivity index (χ4n) is 4.46. The summed E-state index contributed by atoms with van der Waals surface area (Å²) in [5.41, 5.74) is 1.31. The molecular weight excluding hydrogens is 540 g/mol. The van der Waals surface area contributed by atoms with Gasteiger partial charge in [-0.25, -0.2) is 26.5 Å². The average molecular weight is 572 g/mol. The molecule has 1 saturated heterocycles. The van der Waals surface area contributed by atoms with Crippen molar-refractivity contribution in [2.45, 2.75) is 29.4 Å². The van der Waals surface area contributed by atoms with Crippen LogP contribution in [0.1, 0.15) is 18.4 Å². The molecule has 1 aliphatic carbocycles. The van der Waals surface area contributed by atoms with Gasteiger partial charge >= 0.3 is 0 Å². The van der Waals surface area contributed by atoms with E-state index in [1.165, 1.54) is 11.8 Å². The lowest BCUT2D eigenvalue weighted by Gasteiger charge is -2.36. The summed E-state index contributed by atoms with van der Waals surface area (Å²) in [6.07, 6.45) is 4.84. The number of hydrogen-bond acceptors (Lipinski definition) is 7. The van der Waals surface area contributed by atoms with Crippen LogP contribution in [0.3, 0.4) is 0 Å². The van der Waals surface area contributed by atoms with Gasteiger partial charge in [0.2, 0.25) is 10.0 Å². The highest BCUT2D eigenvalue weighted by molar-refractivity contribution is 9.10. The molecule has 0 bridgehead atoms. The summed E-state index contributed by atoms with van der Waals surface area (Å²) in [6.45, 7) is 4.27. The molecule has 1 aromatic heterocycles. The smallest absolute Gasteiger partial charge is 0.244 e. The van der Waals surface area contributed by atoms with E-state index in [2.05, 4.69) is 54.8 Å². The minimum absolute atomic E-state index is 0.0335. The van der Waals surface area contributed by atoms with E-state index in [0.717, 1.165) is 26.1 Å². The van der Waals surface area contributed by atoms with Gasteiger partial charge in [-0.1, -0.05) is 30.3 Å². The zero-order valence-corrected chi connectivity index (χ0v) is 22.4. The molecular formula is C23H31BrN4O4S2. The number of benzene rings is 1. The third-order valence-electron chi connectivity index (χ3n) is 6.68. The van der Waals surface area contributed by atoms with Crippen molar-refractivity contribution in [2.24, 2.45) is 5.92 Å². The van der Waals surface area contributed by atoms with Crippen LogP contribution in [-0.2, 0) is 26.3 Å². The van der Waals surface area contributed by atoms with E-state index in [-0.39, 0.29) is 22.6 Å². The molecule has 1 N–H and O–H groups in total. The van der Waals surface area contributed by atoms with Crippen molar-refractivity contribution in [2.75, 3.05) is 50.4 Å². The Morgan fingerprint density at radius 2 is 1.74 bits per heavy atom. The summed E-state index contributed by atoms with van der Waals surface area (Å²) < 4.78 is 52.8. The van der Waals surface area contributed by atoms with Crippen molar-refractivity contribution in [1.82, 2.24) is 14.6 Å². The van der Waals surface area contributed by atoms with Crippen LogP contribution in [0.4, 0.5) is 5.82 Å². The summed E-state index contributed by atoms with van der Waals surface area (Å²) in [6, 6.07) is 12.0. The van der Waals surface area contributed by atoms with Gasteiger partial charge < -0.3 is 4.90 Å². The summed E-state index contributed by atoms with van der Waals surface area (Å²) in [5.74, 6) is 0.493. The SMILES string of the molecule is CS(=O)(=O)C1CC(CNS(=O)(=O)c2cc(Br)cnc2N2CCN(CCc3ccccc3)CC2)C1. The Morgan fingerprint density at radius 1 is 1.06 bits per heavy atom. The summed E-state index contributed by atoms with van der Waals surface area (Å²) in [5, 5.41) is -0.358. The van der Waals surface area contributed by atoms with Gasteiger partial charge in [0, 0.05) is 56.2 Å². The third-order valence-corrected chi connectivity index (χ3v) is 10.1. The number of nitrogens with zero attached hydrogens (tertiary/aromatic N) is 3. The maximum Gasteiger partial charge on any atom is 0.244 e. The second kappa shape index (κ2) is 10.6. The quantitative estimate of drug-likeness (QED) is 0.493. The van der Waals surface area contributed by atoms with Gasteiger partial charge in [0.25, 0.3) is 0 Å². The molecule has 8 nitrogen and oxygen atoms in total. The molecule has 1 aliphatic heterocycles. The molecule has 0 atom stereocenters. The first-order valence-corrected chi connectivity index (χ1v) is 15.7. The first kappa shape index (κ1) is 25.6. The highest BCUT2D eigenvalue weighted by Gasteiger charge is 2.37. The molecule has 2 heterocycles. The van der Waals surface area contributed by atoms with Gasteiger partial charge in [0.05, 0.1) is 5.25 Å². The number of anilines is 1. The van der Waals surface area contributed by atoms with Gasteiger partial charge in [-0.05, 0) is 52.7 Å². The third kappa shape index (κ3) is 6.37. The van der Waals surface area contributed by atoms with Crippen LogP contribution in [0.2, 0.25) is 0 Å². The number of sulfone groups is 1. The number of halogens is 1. The largest absolute Gasteiger partial charge is 0.353 e. The van der Waals surface area contributed by atoms with E-state index >= 15 is 0 Å². The summed E-state index contributed by atoms with van der Waals surface area (Å²) >= 11 is 3.35. The second-order valence-corrected chi connectivity index (χ2v) is 14.2. The van der Waals surface area contributed by atoms with Crippen LogP contribution in [-0.4, -0.2) is 77.5 Å². The van der Waals surface area contributed by atoms with Gasteiger partial charge in [-0.15, -0.1) is 0 Å². The van der Waals surface area contributed by atoms with Gasteiger partial charge in [0.1, 0.15) is 20.6 Å². The van der Waals surface area contributed by atoms with Crippen molar-refractivity contribution >= 4 is 41.6 Å². The summed E-state index contributed by atoms with van der Waals surface area (Å²) in [7, 11) is -6.85. The number of nitrogens with one attached hydrogen (secondary N) is 1. The van der Waals surface area contributed by atoms with Crippen LogP contribution < -0.4 is 9.62 Å². The van der Waals surface area contributed by atoms with Crippen molar-refractivity contribution in [3.63, 3.8) is 0 Å². The lowest BCUT2D eigenvalue weighted by atomic mass is 9.85. The van der Waals surface area contributed by atoms with Crippen molar-refractivity contribution in [3.8, 4) is 0 Å². The number of sulfonamides is 1. The first-order valence-electron chi connectivity index (χ1n) is 11.5. The predicted octanol–water partition coefficient (Wildman–Crippen LogP) is 2.31. The van der Waals surface area contributed by atoms with Crippen LogP contribution in [0.15, 0.2) is 52.0 Å². The molecule has 2 aromatic rings. The number of piperazine rings is 1. The first-order chi connectivity index (χ1) is 16.1. The zero-order valence-electron chi connectivity index (χ0n) is 19.2. The molecule has 11 heteroatoms. The Labute approximate surface area is 210 Å². The van der Waals surface area contributed by atoms with E-state index in [9.17, 15) is 16.8 Å². The zero-order chi connectivity index (χ0) is 24.3. The molecule has 34 heavy (non-hydrogen) atoms. The molecule has 4 rings (SSSR count). The highest BCUT2D eigenvalue weighted by Crippen LogP contribution is 2.33. The predicted molar refractivity (Wildman–Crippen MR) is 137 cm³/mol. The van der Waals surface area contributed by atoms with Crippen LogP contribution >= 0.6 is 15.9 Å². The number of rotatable bonds is 9. The van der Waals surface area contributed by atoms with Crippen molar-refractivity contribution in [1.29, 1.82) is 0 Å². The van der Waals surface area contributed by atoms with E-state index in [4.69, 9.17) is 0 Å². The van der Waals surface area contributed by atoms with E-state index in [1.54, 1.807) is 12.3 Å². The van der Waals surface area contributed by atoms with Gasteiger partial charge in [-0.2, -0.15) is 0 Å². The Balaban J connectivity index is 1.36. The molecule has 0 spiro atoms. The number of aromatic nitrogens is 1. The molecule has 1 aromatic carbocycles. The fourth-order valence-corrected chi connectivity index (χ4v) is 7.50. The number of hydrogen-bond donors (Lipinski definition) is 1. The van der Waals surface area contributed by atoms with Crippen LogP contribution in [0, 0.1) is 5.92 Å². The molecule has 0 unspecified atom stereocenters. The van der Waals surface area contributed by atoms with Crippen LogP contribution in [0.5, 0.6) is 0 Å². The molecule has 0 radical (unpaired) electrons. The average Bonchev–Trinajstić information content (AvgIpc) is 2.77. The van der Waals surface area contributed by atoms with Gasteiger partial charge in [-0.3, -0.25) is 4.90 Å². The second-order valence-electron chi connectivity index (χ2n) is 9.18. The Kier molecular flexibility index (Phi) is 7.98. The monoisotopic (exact) mass is 570 g/mol. The molecule has 2 fully saturated rings. The molecule has 186 valence electrons. The van der Waals surface area contributed by atoms with E-state index in [0.29, 0.717) is 36.2 Å². The van der Waals surface area contributed by atoms with Crippen molar-refractivity contribution in [3.05, 3.63) is 52.6 Å². The molecule has 0 amide bonds. The van der Waals surface area contributed by atoms with Crippen LogP contribution in [0.25, 0.3) is 0 Å². The highest BCUT2D eigenvalue weighted by atomic mass is 79.9. The van der Waals surface area contributed by atoms with E-state index < -0.39 is 19.9 Å². The number of pyridine rings is 1. The maximum atomic E-state index is 13.2. The standard InChI is InChI=1S/C23H31BrN4O4S2/c1-33(29,30)21-13-19(14-21)16-26-34(31,32)22-15-20(24)17-25-23(22)28-11-9-27(10-12-28)8-7-18-5-3-2-4-6-18/h2-6,15,17,19,21,26H,7-14,16H2,1H3. The Morgan fingerprint density at radius 3 is 2.38 bits per heavy atom. The minimum Gasteiger partial charge on any atom is -0.353 e.